The molecule has 0 amide bonds. The van der Waals surface area contributed by atoms with E-state index in [4.69, 9.17) is 16.3 Å². The third kappa shape index (κ3) is 3.71. The van der Waals surface area contributed by atoms with E-state index in [9.17, 15) is 0 Å². The number of halogens is 1. The molecule has 1 N–H and O–H groups in total. The first-order chi connectivity index (χ1) is 13.2. The average molecular weight is 379 g/mol. The molecule has 0 bridgehead atoms. The lowest BCUT2D eigenvalue weighted by Crippen LogP contribution is -2.01. The van der Waals surface area contributed by atoms with Crippen LogP contribution in [-0.2, 0) is 13.2 Å². The number of nitrogens with one attached hydrogen (secondary N) is 1. The molecule has 0 fully saturated rings. The van der Waals surface area contributed by atoms with Gasteiger partial charge in [-0.1, -0.05) is 17.7 Å². The van der Waals surface area contributed by atoms with Gasteiger partial charge in [-0.15, -0.1) is 0 Å². The van der Waals surface area contributed by atoms with Crippen molar-refractivity contribution in [2.45, 2.75) is 13.2 Å². The van der Waals surface area contributed by atoms with Crippen LogP contribution in [0.4, 0.5) is 11.5 Å². The molecule has 0 saturated carbocycles. The fraction of sp³-hybridized carbons (Fsp3) is 0.100. The van der Waals surface area contributed by atoms with Crippen LogP contribution >= 0.6 is 11.6 Å². The molecule has 27 heavy (non-hydrogen) atoms. The monoisotopic (exact) mass is 378 g/mol. The maximum atomic E-state index is 6.38. The van der Waals surface area contributed by atoms with E-state index < -0.39 is 0 Å². The van der Waals surface area contributed by atoms with E-state index in [-0.39, 0.29) is 0 Å². The highest BCUT2D eigenvalue weighted by atomic mass is 35.5. The summed E-state index contributed by atoms with van der Waals surface area (Å²) >= 11 is 6.38. The molecule has 0 aliphatic carbocycles. The molecule has 3 aromatic heterocycles. The number of ether oxygens (including phenoxy) is 1. The average Bonchev–Trinajstić information content (AvgIpc) is 3.12. The Hall–Kier alpha value is -3.12. The summed E-state index contributed by atoms with van der Waals surface area (Å²) in [4.78, 5) is 12.9. The van der Waals surface area contributed by atoms with E-state index in [0.29, 0.717) is 29.7 Å². The van der Waals surface area contributed by atoms with Crippen molar-refractivity contribution in [1.82, 2.24) is 19.5 Å². The van der Waals surface area contributed by atoms with E-state index in [0.717, 1.165) is 22.4 Å². The number of anilines is 2. The molecule has 7 heteroatoms. The zero-order chi connectivity index (χ0) is 18.6. The van der Waals surface area contributed by atoms with Gasteiger partial charge in [0.1, 0.15) is 24.2 Å². The minimum absolute atomic E-state index is 0.358. The number of fused-ring (bicyclic) bond motifs is 1. The molecule has 1 radical (unpaired) electrons. The third-order valence-corrected chi connectivity index (χ3v) is 4.38. The van der Waals surface area contributed by atoms with Crippen molar-refractivity contribution in [3.05, 3.63) is 78.8 Å². The number of nitrogens with zero attached hydrogens (tertiary/aromatic N) is 4. The third-order valence-electron chi connectivity index (χ3n) is 4.09. The van der Waals surface area contributed by atoms with Crippen molar-refractivity contribution in [3.63, 3.8) is 0 Å². The van der Waals surface area contributed by atoms with Gasteiger partial charge in [-0.05, 0) is 43.3 Å². The van der Waals surface area contributed by atoms with Crippen LogP contribution in [0.2, 0.25) is 5.02 Å². The van der Waals surface area contributed by atoms with Crippen molar-refractivity contribution in [2.75, 3.05) is 5.32 Å². The van der Waals surface area contributed by atoms with Crippen molar-refractivity contribution in [2.24, 2.45) is 0 Å². The summed E-state index contributed by atoms with van der Waals surface area (Å²) in [6.07, 6.45) is 5.21. The minimum Gasteiger partial charge on any atom is -0.486 e. The minimum atomic E-state index is 0.358. The first-order valence-corrected chi connectivity index (χ1v) is 8.81. The predicted octanol–water partition coefficient (Wildman–Crippen LogP) is 4.64. The summed E-state index contributed by atoms with van der Waals surface area (Å²) in [5.74, 6) is 1.30. The largest absolute Gasteiger partial charge is 0.486 e. The lowest BCUT2D eigenvalue weighted by Gasteiger charge is -2.12. The molecule has 1 aromatic carbocycles. The molecule has 0 unspecified atom stereocenters. The van der Waals surface area contributed by atoms with Crippen LogP contribution in [-0.4, -0.2) is 19.5 Å². The summed E-state index contributed by atoms with van der Waals surface area (Å²) in [5.41, 5.74) is 3.41. The molecule has 0 spiro atoms. The van der Waals surface area contributed by atoms with Gasteiger partial charge in [-0.2, -0.15) is 0 Å². The van der Waals surface area contributed by atoms with Gasteiger partial charge in [0, 0.05) is 24.6 Å². The van der Waals surface area contributed by atoms with Crippen molar-refractivity contribution >= 4 is 34.1 Å². The van der Waals surface area contributed by atoms with E-state index in [2.05, 4.69) is 27.2 Å². The van der Waals surface area contributed by atoms with Gasteiger partial charge >= 0.3 is 0 Å². The number of pyridine rings is 1. The molecule has 0 atom stereocenters. The zero-order valence-corrected chi connectivity index (χ0v) is 15.2. The van der Waals surface area contributed by atoms with Gasteiger partial charge in [0.05, 0.1) is 16.2 Å². The van der Waals surface area contributed by atoms with Gasteiger partial charge in [-0.25, -0.2) is 9.97 Å². The van der Waals surface area contributed by atoms with E-state index in [1.807, 2.05) is 47.2 Å². The summed E-state index contributed by atoms with van der Waals surface area (Å²) in [6.45, 7) is 4.88. The second kappa shape index (κ2) is 7.63. The Morgan fingerprint density at radius 2 is 2.04 bits per heavy atom. The lowest BCUT2D eigenvalue weighted by atomic mass is 10.3. The fourth-order valence-corrected chi connectivity index (χ4v) is 3.01. The van der Waals surface area contributed by atoms with Crippen LogP contribution in [0.25, 0.3) is 11.0 Å². The van der Waals surface area contributed by atoms with Crippen molar-refractivity contribution in [1.29, 1.82) is 0 Å². The molecule has 4 rings (SSSR count). The Kier molecular flexibility index (Phi) is 4.89. The highest BCUT2D eigenvalue weighted by molar-refractivity contribution is 6.32. The summed E-state index contributed by atoms with van der Waals surface area (Å²) < 4.78 is 7.75. The lowest BCUT2D eigenvalue weighted by molar-refractivity contribution is 0.301. The first-order valence-electron chi connectivity index (χ1n) is 8.43. The summed E-state index contributed by atoms with van der Waals surface area (Å²) in [7, 11) is 0. The number of hydrogen-bond acceptors (Lipinski definition) is 5. The highest BCUT2D eigenvalue weighted by Crippen LogP contribution is 2.31. The molecule has 0 aliphatic rings. The first kappa shape index (κ1) is 17.3. The van der Waals surface area contributed by atoms with E-state index >= 15 is 0 Å². The molecule has 0 saturated heterocycles. The van der Waals surface area contributed by atoms with Crippen LogP contribution in [0, 0.1) is 6.92 Å². The highest BCUT2D eigenvalue weighted by Gasteiger charge is 2.10. The second-order valence-electron chi connectivity index (χ2n) is 5.85. The summed E-state index contributed by atoms with van der Waals surface area (Å²) in [6, 6.07) is 13.2. The predicted molar refractivity (Wildman–Crippen MR) is 106 cm³/mol. The van der Waals surface area contributed by atoms with Crippen LogP contribution in [0.5, 0.6) is 5.75 Å². The molecule has 135 valence electrons. The standard InChI is InChI=1S/C20H17ClN5O/c1-2-26-10-8-17-19(26)20(24-13-23-17)25-14-6-7-18(16(21)11-14)27-12-15-5-3-4-9-22-15/h3-11,13H,1-2,12H2,(H,23,24,25). The number of rotatable bonds is 6. The maximum absolute atomic E-state index is 6.38. The number of benzene rings is 1. The Labute approximate surface area is 161 Å². The summed E-state index contributed by atoms with van der Waals surface area (Å²) in [5, 5.41) is 3.81. The number of aromatic nitrogens is 4. The molecule has 6 nitrogen and oxygen atoms in total. The fourth-order valence-electron chi connectivity index (χ4n) is 2.78. The van der Waals surface area contributed by atoms with Crippen LogP contribution < -0.4 is 10.1 Å². The topological polar surface area (TPSA) is 64.9 Å². The van der Waals surface area contributed by atoms with Gasteiger partial charge in [-0.3, -0.25) is 4.98 Å². The van der Waals surface area contributed by atoms with Gasteiger partial charge in [0.25, 0.3) is 0 Å². The molecule has 4 aromatic rings. The molecule has 0 aliphatic heterocycles. The quantitative estimate of drug-likeness (QED) is 0.529. The van der Waals surface area contributed by atoms with Crippen molar-refractivity contribution in [3.8, 4) is 5.75 Å². The van der Waals surface area contributed by atoms with Crippen LogP contribution in [0.3, 0.4) is 0 Å². The van der Waals surface area contributed by atoms with Gasteiger partial charge in [0.2, 0.25) is 0 Å². The van der Waals surface area contributed by atoms with Crippen LogP contribution in [0.15, 0.2) is 61.2 Å². The maximum Gasteiger partial charge on any atom is 0.158 e. The van der Waals surface area contributed by atoms with E-state index in [1.54, 1.807) is 12.3 Å². The normalized spacial score (nSPS) is 10.9. The Bertz CT molecular complexity index is 1060. The van der Waals surface area contributed by atoms with Crippen LogP contribution in [0.1, 0.15) is 5.69 Å². The zero-order valence-electron chi connectivity index (χ0n) is 14.5. The van der Waals surface area contributed by atoms with Crippen molar-refractivity contribution < 1.29 is 4.74 Å². The Balaban J connectivity index is 1.54. The molecule has 3 heterocycles. The molecular weight excluding hydrogens is 362 g/mol. The SMILES string of the molecule is [CH2]Cn1ccc2ncnc(Nc3ccc(OCc4ccccn4)c(Cl)c3)c21. The molecular formula is C20H17ClN5O. The Morgan fingerprint density at radius 3 is 2.81 bits per heavy atom. The Morgan fingerprint density at radius 1 is 1.11 bits per heavy atom. The van der Waals surface area contributed by atoms with Gasteiger partial charge in [0.15, 0.2) is 5.82 Å². The smallest absolute Gasteiger partial charge is 0.158 e. The second-order valence-corrected chi connectivity index (χ2v) is 6.25. The number of hydrogen-bond donors (Lipinski definition) is 1. The van der Waals surface area contributed by atoms with E-state index in [1.165, 1.54) is 6.33 Å². The van der Waals surface area contributed by atoms with Gasteiger partial charge < -0.3 is 14.6 Å².